The highest BCUT2D eigenvalue weighted by molar-refractivity contribution is 7.99. The average molecular weight is 272 g/mol. The van der Waals surface area contributed by atoms with E-state index in [0.717, 1.165) is 26.9 Å². The van der Waals surface area contributed by atoms with E-state index in [0.29, 0.717) is 0 Å². The first kappa shape index (κ1) is 12.1. The highest BCUT2D eigenvalue weighted by Gasteiger charge is 2.13. The lowest BCUT2D eigenvalue weighted by Crippen LogP contribution is -1.92. The Morgan fingerprint density at radius 2 is 1.68 bits per heavy atom. The summed E-state index contributed by atoms with van der Waals surface area (Å²) < 4.78 is 10.6. The monoisotopic (exact) mass is 272 g/mol. The van der Waals surface area contributed by atoms with Crippen molar-refractivity contribution in [2.45, 2.75) is 16.7 Å². The third-order valence-electron chi connectivity index (χ3n) is 2.84. The average Bonchev–Trinajstić information content (AvgIpc) is 2.87. The van der Waals surface area contributed by atoms with Crippen LogP contribution >= 0.6 is 11.8 Å². The molecule has 0 amide bonds. The maximum absolute atomic E-state index is 11.2. The zero-order valence-corrected chi connectivity index (χ0v) is 11.2. The Hall–Kier alpha value is -1.94. The Kier molecular flexibility index (Phi) is 3.17. The van der Waals surface area contributed by atoms with Crippen molar-refractivity contribution < 1.29 is 14.3 Å². The Morgan fingerprint density at radius 1 is 1.00 bits per heavy atom. The molecule has 2 aromatic rings. The molecule has 0 unspecified atom stereocenters. The smallest absolute Gasteiger partial charge is 0.231 e. The van der Waals surface area contributed by atoms with E-state index in [2.05, 4.69) is 0 Å². The van der Waals surface area contributed by atoms with Crippen molar-refractivity contribution >= 4 is 17.5 Å². The van der Waals surface area contributed by atoms with E-state index in [1.165, 1.54) is 0 Å². The summed E-state index contributed by atoms with van der Waals surface area (Å²) in [5.74, 6) is 1.65. The third-order valence-corrected chi connectivity index (χ3v) is 3.84. The van der Waals surface area contributed by atoms with Crippen molar-refractivity contribution in [2.24, 2.45) is 0 Å². The van der Waals surface area contributed by atoms with Crippen LogP contribution in [-0.2, 0) is 0 Å². The Balaban J connectivity index is 1.79. The predicted molar refractivity (Wildman–Crippen MR) is 73.1 cm³/mol. The first-order valence-corrected chi connectivity index (χ1v) is 6.72. The van der Waals surface area contributed by atoms with E-state index in [9.17, 15) is 4.79 Å². The van der Waals surface area contributed by atoms with Crippen molar-refractivity contribution in [3.63, 3.8) is 0 Å². The molecule has 0 aromatic heterocycles. The SMILES string of the molecule is CC(=O)c1ccc(Sc2ccc3c(c2)OCO3)cc1. The van der Waals surface area contributed by atoms with Crippen LogP contribution in [0.3, 0.4) is 0 Å². The predicted octanol–water partition coefficient (Wildman–Crippen LogP) is 3.77. The molecule has 0 N–H and O–H groups in total. The zero-order valence-electron chi connectivity index (χ0n) is 10.4. The van der Waals surface area contributed by atoms with Gasteiger partial charge in [-0.25, -0.2) is 0 Å². The molecule has 2 aromatic carbocycles. The fourth-order valence-electron chi connectivity index (χ4n) is 1.83. The second-order valence-electron chi connectivity index (χ2n) is 4.20. The molecule has 96 valence electrons. The largest absolute Gasteiger partial charge is 0.454 e. The molecule has 0 fully saturated rings. The van der Waals surface area contributed by atoms with E-state index in [1.807, 2.05) is 42.5 Å². The Bertz CT molecular complexity index is 620. The van der Waals surface area contributed by atoms with E-state index in [-0.39, 0.29) is 12.6 Å². The number of benzene rings is 2. The molecule has 3 nitrogen and oxygen atoms in total. The molecule has 1 heterocycles. The van der Waals surface area contributed by atoms with Gasteiger partial charge in [-0.3, -0.25) is 4.79 Å². The normalized spacial score (nSPS) is 12.5. The minimum absolute atomic E-state index is 0.0830. The van der Waals surface area contributed by atoms with Crippen molar-refractivity contribution in [1.82, 2.24) is 0 Å². The minimum Gasteiger partial charge on any atom is -0.454 e. The summed E-state index contributed by atoms with van der Waals surface area (Å²) in [5.41, 5.74) is 0.732. The van der Waals surface area contributed by atoms with Crippen LogP contribution in [0.15, 0.2) is 52.3 Å². The number of rotatable bonds is 3. The van der Waals surface area contributed by atoms with Gasteiger partial charge < -0.3 is 9.47 Å². The number of carbonyl (C=O) groups excluding carboxylic acids is 1. The lowest BCUT2D eigenvalue weighted by Gasteiger charge is -2.04. The number of fused-ring (bicyclic) bond motifs is 1. The first-order chi connectivity index (χ1) is 9.22. The van der Waals surface area contributed by atoms with Crippen LogP contribution in [0.5, 0.6) is 11.5 Å². The van der Waals surface area contributed by atoms with Crippen LogP contribution < -0.4 is 9.47 Å². The molecule has 0 bridgehead atoms. The molecule has 19 heavy (non-hydrogen) atoms. The van der Waals surface area contributed by atoms with Gasteiger partial charge in [-0.15, -0.1) is 0 Å². The van der Waals surface area contributed by atoms with Gasteiger partial charge >= 0.3 is 0 Å². The Labute approximate surface area is 115 Å². The summed E-state index contributed by atoms with van der Waals surface area (Å²) in [6.45, 7) is 1.86. The van der Waals surface area contributed by atoms with Gasteiger partial charge in [0.05, 0.1) is 0 Å². The number of Topliss-reactive ketones (excluding diaryl/α,β-unsaturated/α-hetero) is 1. The van der Waals surface area contributed by atoms with Crippen LogP contribution in [0.1, 0.15) is 17.3 Å². The Morgan fingerprint density at radius 3 is 2.42 bits per heavy atom. The summed E-state index contributed by atoms with van der Waals surface area (Å²) in [6.07, 6.45) is 0. The molecule has 1 aliphatic heterocycles. The van der Waals surface area contributed by atoms with Gasteiger partial charge in [0.1, 0.15) is 0 Å². The molecule has 0 saturated carbocycles. The van der Waals surface area contributed by atoms with Crippen molar-refractivity contribution in [2.75, 3.05) is 6.79 Å². The molecule has 0 saturated heterocycles. The van der Waals surface area contributed by atoms with Crippen LogP contribution in [-0.4, -0.2) is 12.6 Å². The first-order valence-electron chi connectivity index (χ1n) is 5.91. The minimum atomic E-state index is 0.0830. The van der Waals surface area contributed by atoms with Gasteiger partial charge in [0, 0.05) is 15.4 Å². The van der Waals surface area contributed by atoms with Crippen LogP contribution in [0.25, 0.3) is 0 Å². The molecule has 0 radical (unpaired) electrons. The molecule has 0 aliphatic carbocycles. The third kappa shape index (κ3) is 2.58. The standard InChI is InChI=1S/C15H12O3S/c1-10(16)11-2-4-12(5-3-11)19-13-6-7-14-15(8-13)18-9-17-14/h2-8H,9H2,1H3. The number of hydrogen-bond donors (Lipinski definition) is 0. The van der Waals surface area contributed by atoms with E-state index >= 15 is 0 Å². The van der Waals surface area contributed by atoms with Crippen molar-refractivity contribution in [3.8, 4) is 11.5 Å². The lowest BCUT2D eigenvalue weighted by molar-refractivity contribution is 0.101. The molecular weight excluding hydrogens is 260 g/mol. The number of carbonyl (C=O) groups is 1. The summed E-state index contributed by atoms with van der Waals surface area (Å²) in [6, 6.07) is 13.5. The van der Waals surface area contributed by atoms with Crippen LogP contribution in [0, 0.1) is 0 Å². The van der Waals surface area contributed by atoms with E-state index < -0.39 is 0 Å². The van der Waals surface area contributed by atoms with Crippen LogP contribution in [0.4, 0.5) is 0 Å². The van der Waals surface area contributed by atoms with E-state index in [4.69, 9.17) is 9.47 Å². The molecule has 0 spiro atoms. The van der Waals surface area contributed by atoms with E-state index in [1.54, 1.807) is 18.7 Å². The highest BCUT2D eigenvalue weighted by Crippen LogP contribution is 2.37. The molecular formula is C15H12O3S. The number of ether oxygens (including phenoxy) is 2. The van der Waals surface area contributed by atoms with Gasteiger partial charge in [-0.05, 0) is 37.3 Å². The maximum Gasteiger partial charge on any atom is 0.231 e. The summed E-state index contributed by atoms with van der Waals surface area (Å²) in [7, 11) is 0. The fraction of sp³-hybridized carbons (Fsp3) is 0.133. The quantitative estimate of drug-likeness (QED) is 0.797. The summed E-state index contributed by atoms with van der Waals surface area (Å²) in [4.78, 5) is 13.4. The number of ketones is 1. The lowest BCUT2D eigenvalue weighted by atomic mass is 10.2. The highest BCUT2D eigenvalue weighted by atomic mass is 32.2. The summed E-state index contributed by atoms with van der Waals surface area (Å²) >= 11 is 1.63. The maximum atomic E-state index is 11.2. The second-order valence-corrected chi connectivity index (χ2v) is 5.34. The summed E-state index contributed by atoms with van der Waals surface area (Å²) in [5, 5.41) is 0. The van der Waals surface area contributed by atoms with Gasteiger partial charge in [0.2, 0.25) is 6.79 Å². The molecule has 0 atom stereocenters. The second kappa shape index (κ2) is 4.97. The molecule has 1 aliphatic rings. The number of hydrogen-bond acceptors (Lipinski definition) is 4. The topological polar surface area (TPSA) is 35.5 Å². The van der Waals surface area contributed by atoms with Gasteiger partial charge in [0.25, 0.3) is 0 Å². The fourth-order valence-corrected chi connectivity index (χ4v) is 2.68. The molecule has 3 rings (SSSR count). The van der Waals surface area contributed by atoms with Crippen molar-refractivity contribution in [1.29, 1.82) is 0 Å². The van der Waals surface area contributed by atoms with Crippen molar-refractivity contribution in [3.05, 3.63) is 48.0 Å². The van der Waals surface area contributed by atoms with Crippen LogP contribution in [0.2, 0.25) is 0 Å². The van der Waals surface area contributed by atoms with Gasteiger partial charge in [0.15, 0.2) is 17.3 Å². The van der Waals surface area contributed by atoms with Gasteiger partial charge in [-0.1, -0.05) is 23.9 Å². The zero-order chi connectivity index (χ0) is 13.2. The van der Waals surface area contributed by atoms with Gasteiger partial charge in [-0.2, -0.15) is 0 Å². The molecule has 4 heteroatoms.